The molecule has 0 amide bonds. The van der Waals surface area contributed by atoms with Gasteiger partial charge in [0.25, 0.3) is 0 Å². The first-order valence-corrected chi connectivity index (χ1v) is 7.71. The van der Waals surface area contributed by atoms with E-state index in [1.54, 1.807) is 7.11 Å². The molecule has 23 heavy (non-hydrogen) atoms. The minimum Gasteiger partial charge on any atom is -0.497 e. The second-order valence-corrected chi connectivity index (χ2v) is 5.33. The van der Waals surface area contributed by atoms with Crippen LogP contribution in [-0.2, 0) is 0 Å². The molecule has 2 N–H and O–H groups in total. The molecule has 0 aliphatic heterocycles. The maximum absolute atomic E-state index is 5.70. The highest BCUT2D eigenvalue weighted by atomic mass is 16.5. The minimum atomic E-state index is 0.634. The highest BCUT2D eigenvalue weighted by Crippen LogP contribution is 2.32. The molecule has 1 heterocycles. The number of fused-ring (bicyclic) bond motifs is 1. The molecule has 0 aliphatic rings. The van der Waals surface area contributed by atoms with Crippen LogP contribution in [-0.4, -0.2) is 13.7 Å². The maximum Gasteiger partial charge on any atom is 0.213 e. The molecule has 0 aliphatic carbocycles. The lowest BCUT2D eigenvalue weighted by Crippen LogP contribution is -2.10. The third kappa shape index (κ3) is 3.21. The van der Waals surface area contributed by atoms with Crippen molar-refractivity contribution in [2.45, 2.75) is 13.8 Å². The summed E-state index contributed by atoms with van der Waals surface area (Å²) in [4.78, 5) is 3.38. The largest absolute Gasteiger partial charge is 0.497 e. The van der Waals surface area contributed by atoms with Crippen molar-refractivity contribution < 1.29 is 14.5 Å². The van der Waals surface area contributed by atoms with Crippen LogP contribution in [0.25, 0.3) is 10.9 Å². The minimum absolute atomic E-state index is 0.634. The number of rotatable bonds is 5. The van der Waals surface area contributed by atoms with Gasteiger partial charge < -0.3 is 14.8 Å². The number of aromatic amines is 1. The third-order valence-corrected chi connectivity index (χ3v) is 3.67. The first-order valence-electron chi connectivity index (χ1n) is 7.71. The molecule has 4 heteroatoms. The Morgan fingerprint density at radius 1 is 1.04 bits per heavy atom. The normalized spacial score (nSPS) is 10.6. The number of hydrogen-bond donors (Lipinski definition) is 1. The summed E-state index contributed by atoms with van der Waals surface area (Å²) < 4.78 is 11.1. The topological polar surface area (TPSA) is 44.6 Å². The summed E-state index contributed by atoms with van der Waals surface area (Å²) in [6.07, 6.45) is 0. The summed E-state index contributed by atoms with van der Waals surface area (Å²) in [5.74, 6) is 1.67. The fourth-order valence-electron chi connectivity index (χ4n) is 2.62. The molecule has 0 bridgehead atoms. The second kappa shape index (κ2) is 6.57. The van der Waals surface area contributed by atoms with E-state index >= 15 is 0 Å². The maximum atomic E-state index is 5.70. The number of aromatic nitrogens is 1. The van der Waals surface area contributed by atoms with Gasteiger partial charge >= 0.3 is 0 Å². The van der Waals surface area contributed by atoms with Crippen LogP contribution in [0.3, 0.4) is 0 Å². The zero-order chi connectivity index (χ0) is 16.2. The Morgan fingerprint density at radius 3 is 2.65 bits per heavy atom. The van der Waals surface area contributed by atoms with E-state index in [2.05, 4.69) is 16.4 Å². The van der Waals surface area contributed by atoms with Crippen molar-refractivity contribution in [3.8, 4) is 11.5 Å². The van der Waals surface area contributed by atoms with E-state index in [-0.39, 0.29) is 0 Å². The van der Waals surface area contributed by atoms with E-state index in [4.69, 9.17) is 9.47 Å². The molecule has 1 aromatic heterocycles. The molecule has 2 aromatic carbocycles. The average molecular weight is 309 g/mol. The number of anilines is 2. The molecule has 0 saturated heterocycles. The molecule has 3 rings (SSSR count). The number of pyridine rings is 1. The van der Waals surface area contributed by atoms with Crippen molar-refractivity contribution in [3.63, 3.8) is 0 Å². The van der Waals surface area contributed by atoms with Crippen molar-refractivity contribution >= 4 is 22.3 Å². The number of para-hydroxylation sites is 2. The predicted molar refractivity (Wildman–Crippen MR) is 92.7 cm³/mol. The van der Waals surface area contributed by atoms with E-state index in [1.807, 2.05) is 56.3 Å². The van der Waals surface area contributed by atoms with E-state index in [0.29, 0.717) is 6.61 Å². The Bertz CT molecular complexity index is 831. The van der Waals surface area contributed by atoms with Crippen LogP contribution in [0.1, 0.15) is 12.6 Å². The molecular formula is C19H21N2O2+. The molecular weight excluding hydrogens is 288 g/mol. The summed E-state index contributed by atoms with van der Waals surface area (Å²) in [7, 11) is 1.68. The van der Waals surface area contributed by atoms with Gasteiger partial charge in [-0.1, -0.05) is 12.1 Å². The van der Waals surface area contributed by atoms with Crippen molar-refractivity contribution in [3.05, 3.63) is 54.2 Å². The fourth-order valence-corrected chi connectivity index (χ4v) is 2.62. The van der Waals surface area contributed by atoms with Crippen LogP contribution in [0.4, 0.5) is 11.4 Å². The Hall–Kier alpha value is -2.75. The summed E-state index contributed by atoms with van der Waals surface area (Å²) >= 11 is 0. The molecule has 0 atom stereocenters. The van der Waals surface area contributed by atoms with Crippen LogP contribution in [0, 0.1) is 6.92 Å². The quantitative estimate of drug-likeness (QED) is 0.771. The average Bonchev–Trinajstić information content (AvgIpc) is 2.56. The van der Waals surface area contributed by atoms with Gasteiger partial charge in [0.05, 0.1) is 30.5 Å². The van der Waals surface area contributed by atoms with Gasteiger partial charge in [-0.3, -0.25) is 0 Å². The van der Waals surface area contributed by atoms with Gasteiger partial charge in [-0.2, -0.15) is 0 Å². The molecule has 0 saturated carbocycles. The highest BCUT2D eigenvalue weighted by Gasteiger charge is 2.12. The van der Waals surface area contributed by atoms with Crippen molar-refractivity contribution in [2.75, 3.05) is 19.0 Å². The van der Waals surface area contributed by atoms with E-state index in [9.17, 15) is 0 Å². The lowest BCUT2D eigenvalue weighted by molar-refractivity contribution is -0.354. The summed E-state index contributed by atoms with van der Waals surface area (Å²) in [5.41, 5.74) is 4.10. The van der Waals surface area contributed by atoms with Gasteiger partial charge in [-0.05, 0) is 31.2 Å². The van der Waals surface area contributed by atoms with Crippen LogP contribution < -0.4 is 19.8 Å². The lowest BCUT2D eigenvalue weighted by Gasteiger charge is -2.13. The first kappa shape index (κ1) is 15.2. The number of H-pyrrole nitrogens is 1. The van der Waals surface area contributed by atoms with Crippen LogP contribution in [0.5, 0.6) is 11.5 Å². The molecule has 0 unspecified atom stereocenters. The molecule has 3 aromatic rings. The standard InChI is InChI=1S/C19H20N2O2/c1-4-23-19-8-6-5-7-17(19)21-18-11-13(2)20-16-10-9-14(22-3)12-15(16)18/h5-12H,4H2,1-3H3,(H,20,21)/p+1. The van der Waals surface area contributed by atoms with Crippen molar-refractivity contribution in [1.29, 1.82) is 0 Å². The number of benzene rings is 2. The third-order valence-electron chi connectivity index (χ3n) is 3.67. The van der Waals surface area contributed by atoms with Gasteiger partial charge in [0.1, 0.15) is 11.5 Å². The number of nitrogens with one attached hydrogen (secondary N) is 2. The zero-order valence-electron chi connectivity index (χ0n) is 13.6. The molecule has 4 nitrogen and oxygen atoms in total. The van der Waals surface area contributed by atoms with Crippen molar-refractivity contribution in [2.24, 2.45) is 0 Å². The van der Waals surface area contributed by atoms with Crippen molar-refractivity contribution in [1.82, 2.24) is 0 Å². The lowest BCUT2D eigenvalue weighted by atomic mass is 10.1. The molecule has 0 fully saturated rings. The Morgan fingerprint density at radius 2 is 1.87 bits per heavy atom. The van der Waals surface area contributed by atoms with Crippen LogP contribution in [0.2, 0.25) is 0 Å². The smallest absolute Gasteiger partial charge is 0.213 e. The van der Waals surface area contributed by atoms with E-state index in [1.165, 1.54) is 0 Å². The van der Waals surface area contributed by atoms with Gasteiger partial charge in [0.15, 0.2) is 5.69 Å². The molecule has 0 radical (unpaired) electrons. The zero-order valence-corrected chi connectivity index (χ0v) is 13.6. The highest BCUT2D eigenvalue weighted by molar-refractivity contribution is 5.92. The Kier molecular flexibility index (Phi) is 4.33. The SMILES string of the molecule is CCOc1ccccc1Nc1cc(C)[nH+]c2ccc(OC)cc12. The summed E-state index contributed by atoms with van der Waals surface area (Å²) in [5, 5.41) is 4.56. The first-order chi connectivity index (χ1) is 11.2. The fraction of sp³-hybridized carbons (Fsp3) is 0.211. The second-order valence-electron chi connectivity index (χ2n) is 5.33. The summed E-state index contributed by atoms with van der Waals surface area (Å²) in [6.45, 7) is 4.66. The Labute approximate surface area is 136 Å². The van der Waals surface area contributed by atoms with E-state index < -0.39 is 0 Å². The molecule has 0 spiro atoms. The van der Waals surface area contributed by atoms with Gasteiger partial charge in [-0.25, -0.2) is 4.98 Å². The molecule has 118 valence electrons. The van der Waals surface area contributed by atoms with Gasteiger partial charge in [-0.15, -0.1) is 0 Å². The Balaban J connectivity index is 2.09. The number of methoxy groups -OCH3 is 1. The van der Waals surface area contributed by atoms with Crippen LogP contribution in [0.15, 0.2) is 48.5 Å². The summed E-state index contributed by atoms with van der Waals surface area (Å²) in [6, 6.07) is 16.1. The monoisotopic (exact) mass is 309 g/mol. The van der Waals surface area contributed by atoms with Crippen LogP contribution >= 0.6 is 0 Å². The van der Waals surface area contributed by atoms with E-state index in [0.717, 1.165) is 39.5 Å². The number of hydrogen-bond acceptors (Lipinski definition) is 3. The number of aryl methyl sites for hydroxylation is 1. The van der Waals surface area contributed by atoms with Gasteiger partial charge in [0, 0.05) is 19.1 Å². The predicted octanol–water partition coefficient (Wildman–Crippen LogP) is 4.11. The van der Waals surface area contributed by atoms with Gasteiger partial charge in [0.2, 0.25) is 5.52 Å². The number of ether oxygens (including phenoxy) is 2.